The fourth-order valence-electron chi connectivity index (χ4n) is 4.61. The molecule has 126 valence electrons. The van der Waals surface area contributed by atoms with Crippen molar-refractivity contribution in [3.05, 3.63) is 59.2 Å². The Morgan fingerprint density at radius 1 is 1.00 bits per heavy atom. The normalized spacial score (nSPS) is 22.8. The largest absolute Gasteiger partial charge is 0.493 e. The third kappa shape index (κ3) is 2.39. The summed E-state index contributed by atoms with van der Waals surface area (Å²) in [7, 11) is 3.44. The van der Waals surface area contributed by atoms with Crippen LogP contribution < -0.4 is 9.47 Å². The lowest BCUT2D eigenvalue weighted by Gasteiger charge is -2.44. The highest BCUT2D eigenvalue weighted by Gasteiger charge is 2.46. The molecule has 3 heteroatoms. The number of hydrogen-bond acceptors (Lipinski definition) is 3. The molecule has 0 radical (unpaired) electrons. The van der Waals surface area contributed by atoms with Crippen LogP contribution in [0.2, 0.25) is 0 Å². The van der Waals surface area contributed by atoms with Crippen molar-refractivity contribution in [3.63, 3.8) is 0 Å². The summed E-state index contributed by atoms with van der Waals surface area (Å²) in [5.41, 5.74) is 4.37. The summed E-state index contributed by atoms with van der Waals surface area (Å²) < 4.78 is 11.1. The van der Waals surface area contributed by atoms with Gasteiger partial charge >= 0.3 is 0 Å². The minimum atomic E-state index is 0.106. The topological polar surface area (TPSA) is 21.7 Å². The van der Waals surface area contributed by atoms with Crippen LogP contribution in [-0.4, -0.2) is 32.2 Å². The highest BCUT2D eigenvalue weighted by Crippen LogP contribution is 2.48. The minimum Gasteiger partial charge on any atom is -0.493 e. The molecular weight excluding hydrogens is 298 g/mol. The van der Waals surface area contributed by atoms with Crippen LogP contribution in [0.3, 0.4) is 0 Å². The number of nitrogens with zero attached hydrogens (tertiary/aromatic N) is 1. The molecule has 1 atom stereocenters. The van der Waals surface area contributed by atoms with Crippen molar-refractivity contribution in [1.29, 1.82) is 0 Å². The van der Waals surface area contributed by atoms with E-state index in [1.165, 1.54) is 36.1 Å². The second-order valence-corrected chi connectivity index (χ2v) is 6.90. The number of methoxy groups -OCH3 is 2. The van der Waals surface area contributed by atoms with Gasteiger partial charge in [0, 0.05) is 6.54 Å². The second-order valence-electron chi connectivity index (χ2n) is 6.90. The van der Waals surface area contributed by atoms with Crippen LogP contribution in [0.5, 0.6) is 11.5 Å². The summed E-state index contributed by atoms with van der Waals surface area (Å²) in [5.74, 6) is 1.69. The molecule has 0 spiro atoms. The summed E-state index contributed by atoms with van der Waals surface area (Å²) in [6, 6.07) is 15.3. The van der Waals surface area contributed by atoms with E-state index in [0.29, 0.717) is 0 Å². The lowest BCUT2D eigenvalue weighted by atomic mass is 9.76. The van der Waals surface area contributed by atoms with E-state index in [1.54, 1.807) is 14.2 Å². The maximum atomic E-state index is 5.60. The number of hydrogen-bond donors (Lipinski definition) is 0. The van der Waals surface area contributed by atoms with E-state index in [2.05, 4.69) is 47.4 Å². The maximum absolute atomic E-state index is 5.60. The highest BCUT2D eigenvalue weighted by atomic mass is 16.5. The van der Waals surface area contributed by atoms with Crippen molar-refractivity contribution in [2.75, 3.05) is 27.3 Å². The van der Waals surface area contributed by atoms with Gasteiger partial charge in [0.2, 0.25) is 0 Å². The van der Waals surface area contributed by atoms with Crippen LogP contribution in [0.4, 0.5) is 0 Å². The van der Waals surface area contributed by atoms with Gasteiger partial charge in [0.1, 0.15) is 0 Å². The predicted molar refractivity (Wildman–Crippen MR) is 95.9 cm³/mol. The van der Waals surface area contributed by atoms with Crippen molar-refractivity contribution < 1.29 is 9.47 Å². The van der Waals surface area contributed by atoms with E-state index in [-0.39, 0.29) is 5.54 Å². The maximum Gasteiger partial charge on any atom is 0.161 e. The lowest BCUT2D eigenvalue weighted by Crippen LogP contribution is -2.47. The smallest absolute Gasteiger partial charge is 0.161 e. The Hall–Kier alpha value is -2.00. The van der Waals surface area contributed by atoms with Crippen LogP contribution in [0, 0.1) is 0 Å². The summed E-state index contributed by atoms with van der Waals surface area (Å²) >= 11 is 0. The van der Waals surface area contributed by atoms with Crippen molar-refractivity contribution >= 4 is 0 Å². The molecule has 0 amide bonds. The Morgan fingerprint density at radius 2 is 1.75 bits per heavy atom. The summed E-state index contributed by atoms with van der Waals surface area (Å²) in [5, 5.41) is 0. The zero-order chi connectivity index (χ0) is 16.6. The molecule has 1 unspecified atom stereocenters. The molecule has 3 nitrogen and oxygen atoms in total. The molecule has 0 aliphatic carbocycles. The molecule has 2 aromatic carbocycles. The van der Waals surface area contributed by atoms with Crippen molar-refractivity contribution in [2.45, 2.75) is 31.2 Å². The SMILES string of the molecule is COc1cc2c(cc1OC)C1(Cc3ccccc3)CCCN1CC2. The predicted octanol–water partition coefficient (Wildman–Crippen LogP) is 3.79. The number of rotatable bonds is 4. The van der Waals surface area contributed by atoms with Gasteiger partial charge in [-0.2, -0.15) is 0 Å². The van der Waals surface area contributed by atoms with E-state index >= 15 is 0 Å². The van der Waals surface area contributed by atoms with E-state index in [9.17, 15) is 0 Å². The Morgan fingerprint density at radius 3 is 2.50 bits per heavy atom. The first-order chi connectivity index (χ1) is 11.8. The molecule has 0 aromatic heterocycles. The molecule has 0 N–H and O–H groups in total. The molecule has 2 heterocycles. The van der Waals surface area contributed by atoms with Gasteiger partial charge in [-0.15, -0.1) is 0 Å². The van der Waals surface area contributed by atoms with Gasteiger partial charge in [0.05, 0.1) is 19.8 Å². The number of fused-ring (bicyclic) bond motifs is 3. The van der Waals surface area contributed by atoms with Crippen LogP contribution in [-0.2, 0) is 18.4 Å². The lowest BCUT2D eigenvalue weighted by molar-refractivity contribution is 0.122. The molecule has 0 saturated carbocycles. The highest BCUT2D eigenvalue weighted by molar-refractivity contribution is 5.52. The van der Waals surface area contributed by atoms with Gasteiger partial charge in [-0.3, -0.25) is 4.90 Å². The Bertz CT molecular complexity index is 728. The average molecular weight is 323 g/mol. The minimum absolute atomic E-state index is 0.106. The van der Waals surface area contributed by atoms with Gasteiger partial charge in [0.15, 0.2) is 11.5 Å². The van der Waals surface area contributed by atoms with Crippen LogP contribution in [0.1, 0.15) is 29.5 Å². The molecule has 2 aliphatic rings. The summed E-state index contributed by atoms with van der Waals surface area (Å²) in [4.78, 5) is 2.69. The van der Waals surface area contributed by atoms with Gasteiger partial charge in [-0.1, -0.05) is 30.3 Å². The second kappa shape index (κ2) is 6.14. The first-order valence-electron chi connectivity index (χ1n) is 8.81. The quantitative estimate of drug-likeness (QED) is 0.854. The van der Waals surface area contributed by atoms with Crippen molar-refractivity contribution in [1.82, 2.24) is 4.90 Å². The average Bonchev–Trinajstić information content (AvgIpc) is 3.05. The first-order valence-corrected chi connectivity index (χ1v) is 8.81. The fraction of sp³-hybridized carbons (Fsp3) is 0.429. The third-order valence-corrected chi connectivity index (χ3v) is 5.72. The zero-order valence-electron chi connectivity index (χ0n) is 14.5. The summed E-state index contributed by atoms with van der Waals surface area (Å²) in [6.07, 6.45) is 4.63. The van der Waals surface area contributed by atoms with Gasteiger partial charge < -0.3 is 9.47 Å². The van der Waals surface area contributed by atoms with Gasteiger partial charge in [0.25, 0.3) is 0 Å². The van der Waals surface area contributed by atoms with Crippen LogP contribution in [0.15, 0.2) is 42.5 Å². The van der Waals surface area contributed by atoms with E-state index in [1.807, 2.05) is 0 Å². The standard InChI is InChI=1S/C21H25NO2/c1-23-19-13-17-9-12-22-11-6-10-21(22,18(17)14-20(19)24-2)15-16-7-4-3-5-8-16/h3-5,7-8,13-14H,6,9-12,15H2,1-2H3. The molecule has 4 rings (SSSR count). The molecular formula is C21H25NO2. The zero-order valence-corrected chi connectivity index (χ0v) is 14.5. The third-order valence-electron chi connectivity index (χ3n) is 5.72. The molecule has 1 saturated heterocycles. The van der Waals surface area contributed by atoms with Crippen LogP contribution >= 0.6 is 0 Å². The molecule has 2 aliphatic heterocycles. The Balaban J connectivity index is 1.83. The van der Waals surface area contributed by atoms with Gasteiger partial charge in [-0.25, -0.2) is 0 Å². The van der Waals surface area contributed by atoms with Crippen LogP contribution in [0.25, 0.3) is 0 Å². The molecule has 2 aromatic rings. The van der Waals surface area contributed by atoms with E-state index in [4.69, 9.17) is 9.47 Å². The number of benzene rings is 2. The summed E-state index contributed by atoms with van der Waals surface area (Å²) in [6.45, 7) is 2.33. The fourth-order valence-corrected chi connectivity index (χ4v) is 4.61. The van der Waals surface area contributed by atoms with Gasteiger partial charge in [-0.05, 0) is 61.1 Å². The van der Waals surface area contributed by atoms with Crippen molar-refractivity contribution in [3.8, 4) is 11.5 Å². The number of ether oxygens (including phenoxy) is 2. The van der Waals surface area contributed by atoms with Crippen molar-refractivity contribution in [2.24, 2.45) is 0 Å². The Labute approximate surface area is 144 Å². The molecule has 0 bridgehead atoms. The van der Waals surface area contributed by atoms with E-state index in [0.717, 1.165) is 30.9 Å². The Kier molecular flexibility index (Phi) is 3.97. The first kappa shape index (κ1) is 15.5. The molecule has 24 heavy (non-hydrogen) atoms. The van der Waals surface area contributed by atoms with E-state index < -0.39 is 0 Å². The monoisotopic (exact) mass is 323 g/mol. The molecule has 1 fully saturated rings.